The summed E-state index contributed by atoms with van der Waals surface area (Å²) in [6.07, 6.45) is 3.74. The van der Waals surface area contributed by atoms with E-state index in [1.165, 1.54) is 18.2 Å². The molecular weight excluding hydrogens is 220 g/mol. The van der Waals surface area contributed by atoms with E-state index in [0.29, 0.717) is 18.4 Å². The van der Waals surface area contributed by atoms with Crippen LogP contribution in [0.15, 0.2) is 18.2 Å². The molecule has 0 amide bonds. The summed E-state index contributed by atoms with van der Waals surface area (Å²) in [6.45, 7) is 3.05. The summed E-state index contributed by atoms with van der Waals surface area (Å²) in [7, 11) is 0. The van der Waals surface area contributed by atoms with Crippen molar-refractivity contribution < 1.29 is 8.78 Å². The van der Waals surface area contributed by atoms with E-state index < -0.39 is 11.6 Å². The predicted molar refractivity (Wildman–Crippen MR) is 64.9 cm³/mol. The molecule has 2 unspecified atom stereocenters. The van der Waals surface area contributed by atoms with Crippen LogP contribution in [0.1, 0.15) is 31.7 Å². The van der Waals surface area contributed by atoms with Crippen LogP contribution in [0.2, 0.25) is 0 Å². The maximum absolute atomic E-state index is 13.5. The molecule has 0 bridgehead atoms. The Labute approximate surface area is 101 Å². The van der Waals surface area contributed by atoms with Crippen LogP contribution in [0.4, 0.5) is 8.78 Å². The van der Waals surface area contributed by atoms with Crippen molar-refractivity contribution in [1.29, 1.82) is 0 Å². The second-order valence-electron chi connectivity index (χ2n) is 4.84. The smallest absolute Gasteiger partial charge is 0.129 e. The third-order valence-electron chi connectivity index (χ3n) is 3.59. The van der Waals surface area contributed by atoms with Gasteiger partial charge in [0.05, 0.1) is 0 Å². The van der Waals surface area contributed by atoms with Crippen molar-refractivity contribution >= 4 is 0 Å². The zero-order valence-corrected chi connectivity index (χ0v) is 10.2. The van der Waals surface area contributed by atoms with E-state index in [2.05, 4.69) is 12.2 Å². The molecule has 17 heavy (non-hydrogen) atoms. The highest BCUT2D eigenvalue weighted by atomic mass is 19.1. The number of hydrogen-bond donors (Lipinski definition) is 1. The standard InChI is InChI=1S/C14H19F2N/c1-2-17-11-7-6-10(8-11)9-12-13(15)4-3-5-14(12)16/h3-5,10-11,17H,2,6-9H2,1H3. The summed E-state index contributed by atoms with van der Waals surface area (Å²) < 4.78 is 27.0. The predicted octanol–water partition coefficient (Wildman–Crippen LogP) is 3.29. The fourth-order valence-electron chi connectivity index (χ4n) is 2.75. The molecule has 1 aromatic carbocycles. The van der Waals surface area contributed by atoms with Crippen molar-refractivity contribution in [3.63, 3.8) is 0 Å². The molecule has 1 aliphatic carbocycles. The van der Waals surface area contributed by atoms with Crippen molar-refractivity contribution in [2.45, 2.75) is 38.6 Å². The molecule has 1 nitrogen and oxygen atoms in total. The van der Waals surface area contributed by atoms with Gasteiger partial charge in [0.2, 0.25) is 0 Å². The SMILES string of the molecule is CCNC1CCC(Cc2c(F)cccc2F)C1. The second-order valence-corrected chi connectivity index (χ2v) is 4.84. The molecule has 2 rings (SSSR count). The highest BCUT2D eigenvalue weighted by Crippen LogP contribution is 2.30. The zero-order chi connectivity index (χ0) is 12.3. The molecule has 0 aliphatic heterocycles. The van der Waals surface area contributed by atoms with Crippen molar-refractivity contribution in [3.8, 4) is 0 Å². The number of halogens is 2. The average Bonchev–Trinajstić information content (AvgIpc) is 2.72. The molecule has 0 heterocycles. The summed E-state index contributed by atoms with van der Waals surface area (Å²) >= 11 is 0. The lowest BCUT2D eigenvalue weighted by Gasteiger charge is -2.13. The second kappa shape index (κ2) is 5.58. The average molecular weight is 239 g/mol. The van der Waals surface area contributed by atoms with Crippen molar-refractivity contribution in [1.82, 2.24) is 5.32 Å². The van der Waals surface area contributed by atoms with Gasteiger partial charge in [0, 0.05) is 11.6 Å². The largest absolute Gasteiger partial charge is 0.314 e. The highest BCUT2D eigenvalue weighted by molar-refractivity contribution is 5.20. The maximum atomic E-state index is 13.5. The Balaban J connectivity index is 1.98. The van der Waals surface area contributed by atoms with Gasteiger partial charge < -0.3 is 5.32 Å². The summed E-state index contributed by atoms with van der Waals surface area (Å²) in [4.78, 5) is 0. The fraction of sp³-hybridized carbons (Fsp3) is 0.571. The Morgan fingerprint density at radius 1 is 1.24 bits per heavy atom. The van der Waals surface area contributed by atoms with Gasteiger partial charge in [-0.3, -0.25) is 0 Å². The molecular formula is C14H19F2N. The molecule has 1 N–H and O–H groups in total. The van der Waals surface area contributed by atoms with Gasteiger partial charge in [-0.2, -0.15) is 0 Å². The minimum absolute atomic E-state index is 0.259. The fourth-order valence-corrected chi connectivity index (χ4v) is 2.75. The maximum Gasteiger partial charge on any atom is 0.129 e. The van der Waals surface area contributed by atoms with Gasteiger partial charge in [-0.25, -0.2) is 8.78 Å². The molecule has 1 fully saturated rings. The molecule has 94 valence electrons. The first-order valence-electron chi connectivity index (χ1n) is 6.37. The highest BCUT2D eigenvalue weighted by Gasteiger charge is 2.25. The number of rotatable bonds is 4. The van der Waals surface area contributed by atoms with E-state index in [9.17, 15) is 8.78 Å². The molecule has 3 heteroatoms. The summed E-state index contributed by atoms with van der Waals surface area (Å²) in [6, 6.07) is 4.63. The molecule has 2 atom stereocenters. The van der Waals surface area contributed by atoms with Crippen molar-refractivity contribution in [2.75, 3.05) is 6.54 Å². The van der Waals surface area contributed by atoms with Crippen LogP contribution in [-0.4, -0.2) is 12.6 Å². The Morgan fingerprint density at radius 2 is 1.94 bits per heavy atom. The van der Waals surface area contributed by atoms with E-state index in [1.54, 1.807) is 0 Å². The normalized spacial score (nSPS) is 24.2. The van der Waals surface area contributed by atoms with E-state index in [4.69, 9.17) is 0 Å². The minimum atomic E-state index is -0.406. The van der Waals surface area contributed by atoms with Crippen LogP contribution in [0.25, 0.3) is 0 Å². The lowest BCUT2D eigenvalue weighted by atomic mass is 9.97. The molecule has 0 spiro atoms. The van der Waals surface area contributed by atoms with E-state index in [0.717, 1.165) is 25.8 Å². The van der Waals surface area contributed by atoms with Crippen molar-refractivity contribution in [3.05, 3.63) is 35.4 Å². The Morgan fingerprint density at radius 3 is 2.59 bits per heavy atom. The third-order valence-corrected chi connectivity index (χ3v) is 3.59. The van der Waals surface area contributed by atoms with Gasteiger partial charge in [0.25, 0.3) is 0 Å². The monoisotopic (exact) mass is 239 g/mol. The van der Waals surface area contributed by atoms with Crippen molar-refractivity contribution in [2.24, 2.45) is 5.92 Å². The first-order chi connectivity index (χ1) is 8.20. The molecule has 0 saturated heterocycles. The van der Waals surface area contributed by atoms with Gasteiger partial charge in [0.1, 0.15) is 11.6 Å². The lowest BCUT2D eigenvalue weighted by Crippen LogP contribution is -2.26. The van der Waals surface area contributed by atoms with Gasteiger partial charge in [-0.1, -0.05) is 13.0 Å². The molecule has 1 aliphatic rings. The summed E-state index contributed by atoms with van der Waals surface area (Å²) in [5, 5.41) is 3.40. The van der Waals surface area contributed by atoms with Crippen LogP contribution in [-0.2, 0) is 6.42 Å². The quantitative estimate of drug-likeness (QED) is 0.850. The first-order valence-corrected chi connectivity index (χ1v) is 6.37. The van der Waals surface area contributed by atoms with E-state index >= 15 is 0 Å². The van der Waals surface area contributed by atoms with Crippen LogP contribution in [0, 0.1) is 17.6 Å². The molecule has 1 aromatic rings. The summed E-state index contributed by atoms with van der Waals surface area (Å²) in [5.74, 6) is -0.403. The van der Waals surface area contributed by atoms with Gasteiger partial charge in [-0.05, 0) is 50.3 Å². The molecule has 0 aromatic heterocycles. The van der Waals surface area contributed by atoms with Gasteiger partial charge in [-0.15, -0.1) is 0 Å². The topological polar surface area (TPSA) is 12.0 Å². The van der Waals surface area contributed by atoms with Gasteiger partial charge >= 0.3 is 0 Å². The Kier molecular flexibility index (Phi) is 4.11. The van der Waals surface area contributed by atoms with E-state index in [-0.39, 0.29) is 5.56 Å². The molecule has 0 radical (unpaired) electrons. The Bertz CT molecular complexity index is 358. The molecule has 1 saturated carbocycles. The zero-order valence-electron chi connectivity index (χ0n) is 10.2. The van der Waals surface area contributed by atoms with Crippen LogP contribution in [0.5, 0.6) is 0 Å². The number of benzene rings is 1. The Hall–Kier alpha value is -0.960. The first kappa shape index (κ1) is 12.5. The third kappa shape index (κ3) is 3.03. The van der Waals surface area contributed by atoms with Crippen LogP contribution < -0.4 is 5.32 Å². The van der Waals surface area contributed by atoms with Crippen LogP contribution in [0.3, 0.4) is 0 Å². The summed E-state index contributed by atoms with van der Waals surface area (Å²) in [5.41, 5.74) is 0.259. The number of nitrogens with one attached hydrogen (secondary N) is 1. The number of hydrogen-bond acceptors (Lipinski definition) is 1. The van der Waals surface area contributed by atoms with E-state index in [1.807, 2.05) is 0 Å². The van der Waals surface area contributed by atoms with Crippen LogP contribution >= 0.6 is 0 Å². The van der Waals surface area contributed by atoms with Gasteiger partial charge in [0.15, 0.2) is 0 Å². The minimum Gasteiger partial charge on any atom is -0.314 e. The lowest BCUT2D eigenvalue weighted by molar-refractivity contribution is 0.468.